The van der Waals surface area contributed by atoms with E-state index in [1.807, 2.05) is 0 Å². The van der Waals surface area contributed by atoms with Crippen LogP contribution in [0.1, 0.15) is 36.0 Å². The molecule has 1 aliphatic carbocycles. The molecule has 2 aromatic rings. The number of hydrogen-bond donors (Lipinski definition) is 0. The van der Waals surface area contributed by atoms with E-state index in [0.717, 1.165) is 6.54 Å². The molecule has 1 saturated heterocycles. The SMILES string of the molecule is c1ccc(CN2CCC3(CCc4ccccc4C3)CC2)cc1. The van der Waals surface area contributed by atoms with Gasteiger partial charge in [0, 0.05) is 6.54 Å². The molecule has 1 aliphatic heterocycles. The summed E-state index contributed by atoms with van der Waals surface area (Å²) in [5.41, 5.74) is 5.25. The topological polar surface area (TPSA) is 3.24 Å². The van der Waals surface area contributed by atoms with Gasteiger partial charge in [-0.2, -0.15) is 0 Å². The van der Waals surface area contributed by atoms with Crippen molar-refractivity contribution in [3.63, 3.8) is 0 Å². The number of rotatable bonds is 2. The Labute approximate surface area is 134 Å². The summed E-state index contributed by atoms with van der Waals surface area (Å²) in [6.07, 6.45) is 6.72. The molecule has 2 aliphatic rings. The van der Waals surface area contributed by atoms with Gasteiger partial charge in [0.15, 0.2) is 0 Å². The molecule has 1 nitrogen and oxygen atoms in total. The van der Waals surface area contributed by atoms with Gasteiger partial charge in [-0.15, -0.1) is 0 Å². The molecular weight excluding hydrogens is 266 g/mol. The molecule has 4 rings (SSSR count). The van der Waals surface area contributed by atoms with Gasteiger partial charge in [-0.1, -0.05) is 54.6 Å². The third-order valence-electron chi connectivity index (χ3n) is 5.77. The van der Waals surface area contributed by atoms with E-state index in [9.17, 15) is 0 Å². The predicted molar refractivity (Wildman–Crippen MR) is 91.9 cm³/mol. The van der Waals surface area contributed by atoms with E-state index in [-0.39, 0.29) is 0 Å². The van der Waals surface area contributed by atoms with Crippen molar-refractivity contribution in [1.29, 1.82) is 0 Å². The van der Waals surface area contributed by atoms with Crippen LogP contribution in [0.25, 0.3) is 0 Å². The maximum Gasteiger partial charge on any atom is 0.0233 e. The molecule has 0 amide bonds. The van der Waals surface area contributed by atoms with Crippen LogP contribution in [0.4, 0.5) is 0 Å². The van der Waals surface area contributed by atoms with Crippen molar-refractivity contribution in [1.82, 2.24) is 4.90 Å². The molecule has 0 unspecified atom stereocenters. The second-order valence-corrected chi connectivity index (χ2v) is 7.21. The smallest absolute Gasteiger partial charge is 0.0233 e. The van der Waals surface area contributed by atoms with E-state index in [1.54, 1.807) is 11.1 Å². The van der Waals surface area contributed by atoms with Crippen LogP contribution in [0.15, 0.2) is 54.6 Å². The lowest BCUT2D eigenvalue weighted by atomic mass is 9.66. The molecule has 1 heteroatoms. The largest absolute Gasteiger partial charge is 0.299 e. The van der Waals surface area contributed by atoms with Gasteiger partial charge < -0.3 is 0 Å². The Morgan fingerprint density at radius 1 is 0.773 bits per heavy atom. The normalized spacial score (nSPS) is 20.7. The summed E-state index contributed by atoms with van der Waals surface area (Å²) in [7, 11) is 0. The fraction of sp³-hybridized carbons (Fsp3) is 0.429. The van der Waals surface area contributed by atoms with Gasteiger partial charge in [-0.05, 0) is 67.3 Å². The number of piperidine rings is 1. The highest BCUT2D eigenvalue weighted by Crippen LogP contribution is 2.43. The monoisotopic (exact) mass is 291 g/mol. The van der Waals surface area contributed by atoms with E-state index in [4.69, 9.17) is 0 Å². The second-order valence-electron chi connectivity index (χ2n) is 7.21. The van der Waals surface area contributed by atoms with Crippen LogP contribution < -0.4 is 0 Å². The van der Waals surface area contributed by atoms with Gasteiger partial charge >= 0.3 is 0 Å². The number of likely N-dealkylation sites (tertiary alicyclic amines) is 1. The summed E-state index contributed by atoms with van der Waals surface area (Å²) in [6, 6.07) is 20.0. The van der Waals surface area contributed by atoms with Crippen LogP contribution in [0.3, 0.4) is 0 Å². The lowest BCUT2D eigenvalue weighted by molar-refractivity contribution is 0.0854. The zero-order valence-electron chi connectivity index (χ0n) is 13.3. The van der Waals surface area contributed by atoms with Crippen LogP contribution in [-0.2, 0) is 19.4 Å². The third-order valence-corrected chi connectivity index (χ3v) is 5.77. The first-order valence-electron chi connectivity index (χ1n) is 8.66. The second kappa shape index (κ2) is 5.89. The molecule has 22 heavy (non-hydrogen) atoms. The molecule has 0 bridgehead atoms. The first-order chi connectivity index (χ1) is 10.8. The van der Waals surface area contributed by atoms with Crippen molar-refractivity contribution in [3.05, 3.63) is 71.3 Å². The molecule has 0 atom stereocenters. The molecule has 0 saturated carbocycles. The molecule has 1 fully saturated rings. The molecule has 1 heterocycles. The Morgan fingerprint density at radius 3 is 2.23 bits per heavy atom. The van der Waals surface area contributed by atoms with Gasteiger partial charge in [0.2, 0.25) is 0 Å². The molecular formula is C21H25N. The van der Waals surface area contributed by atoms with E-state index < -0.39 is 0 Å². The summed E-state index contributed by atoms with van der Waals surface area (Å²) in [4.78, 5) is 2.64. The standard InChI is InChI=1S/C21H25N/c1-2-6-18(7-3-1)17-22-14-12-21(13-15-22)11-10-19-8-4-5-9-20(19)16-21/h1-9H,10-17H2. The Hall–Kier alpha value is -1.60. The minimum atomic E-state index is 0.585. The number of fused-ring (bicyclic) bond motifs is 1. The van der Waals surface area contributed by atoms with Gasteiger partial charge in [0.25, 0.3) is 0 Å². The highest BCUT2D eigenvalue weighted by Gasteiger charge is 2.37. The van der Waals surface area contributed by atoms with Crippen LogP contribution in [0.5, 0.6) is 0 Å². The Kier molecular flexibility index (Phi) is 3.75. The van der Waals surface area contributed by atoms with Gasteiger partial charge in [0.05, 0.1) is 0 Å². The molecule has 0 radical (unpaired) electrons. The predicted octanol–water partition coefficient (Wildman–Crippen LogP) is 4.46. The van der Waals surface area contributed by atoms with Crippen LogP contribution in [0, 0.1) is 5.41 Å². The summed E-state index contributed by atoms with van der Waals surface area (Å²) in [5, 5.41) is 0. The molecule has 0 aromatic heterocycles. The van der Waals surface area contributed by atoms with Crippen molar-refractivity contribution >= 4 is 0 Å². The minimum absolute atomic E-state index is 0.585. The van der Waals surface area contributed by atoms with Crippen molar-refractivity contribution in [2.24, 2.45) is 5.41 Å². The van der Waals surface area contributed by atoms with Crippen LogP contribution >= 0.6 is 0 Å². The average molecular weight is 291 g/mol. The number of benzene rings is 2. The van der Waals surface area contributed by atoms with Gasteiger partial charge in [0.1, 0.15) is 0 Å². The molecule has 2 aromatic carbocycles. The maximum atomic E-state index is 2.64. The summed E-state index contributed by atoms with van der Waals surface area (Å²) >= 11 is 0. The van der Waals surface area contributed by atoms with Crippen molar-refractivity contribution in [2.75, 3.05) is 13.1 Å². The summed E-state index contributed by atoms with van der Waals surface area (Å²) in [6.45, 7) is 3.64. The van der Waals surface area contributed by atoms with Crippen LogP contribution in [-0.4, -0.2) is 18.0 Å². The lowest BCUT2D eigenvalue weighted by Gasteiger charge is -2.45. The Balaban J connectivity index is 1.40. The van der Waals surface area contributed by atoms with Gasteiger partial charge in [-0.25, -0.2) is 0 Å². The maximum absolute atomic E-state index is 2.64. The highest BCUT2D eigenvalue weighted by atomic mass is 15.1. The fourth-order valence-electron chi connectivity index (χ4n) is 4.32. The highest BCUT2D eigenvalue weighted by molar-refractivity contribution is 5.31. The van der Waals surface area contributed by atoms with E-state index in [1.165, 1.54) is 50.8 Å². The van der Waals surface area contributed by atoms with E-state index in [2.05, 4.69) is 59.5 Å². The quantitative estimate of drug-likeness (QED) is 0.789. The fourth-order valence-corrected chi connectivity index (χ4v) is 4.32. The minimum Gasteiger partial charge on any atom is -0.299 e. The third kappa shape index (κ3) is 2.83. The van der Waals surface area contributed by atoms with Crippen molar-refractivity contribution in [3.8, 4) is 0 Å². The van der Waals surface area contributed by atoms with Crippen molar-refractivity contribution < 1.29 is 0 Å². The van der Waals surface area contributed by atoms with E-state index >= 15 is 0 Å². The molecule has 114 valence electrons. The zero-order valence-corrected chi connectivity index (χ0v) is 13.3. The lowest BCUT2D eigenvalue weighted by Crippen LogP contribution is -2.42. The molecule has 1 spiro atoms. The number of hydrogen-bond acceptors (Lipinski definition) is 1. The zero-order chi connectivity index (χ0) is 14.8. The molecule has 0 N–H and O–H groups in total. The number of aryl methyl sites for hydroxylation is 1. The summed E-state index contributed by atoms with van der Waals surface area (Å²) in [5.74, 6) is 0. The summed E-state index contributed by atoms with van der Waals surface area (Å²) < 4.78 is 0. The Bertz CT molecular complexity index is 623. The van der Waals surface area contributed by atoms with Gasteiger partial charge in [-0.3, -0.25) is 4.90 Å². The first kappa shape index (κ1) is 14.0. The first-order valence-corrected chi connectivity index (χ1v) is 8.66. The van der Waals surface area contributed by atoms with E-state index in [0.29, 0.717) is 5.41 Å². The van der Waals surface area contributed by atoms with Crippen molar-refractivity contribution in [2.45, 2.75) is 38.6 Å². The average Bonchev–Trinajstić information content (AvgIpc) is 2.58. The van der Waals surface area contributed by atoms with Crippen LogP contribution in [0.2, 0.25) is 0 Å². The Morgan fingerprint density at radius 2 is 1.45 bits per heavy atom. The number of nitrogens with zero attached hydrogens (tertiary/aromatic N) is 1.